The van der Waals surface area contributed by atoms with E-state index in [4.69, 9.17) is 0 Å². The molecule has 0 atom stereocenters. The monoisotopic (exact) mass is 355 g/mol. The lowest BCUT2D eigenvalue weighted by atomic mass is 10.0. The Balaban J connectivity index is 1.67. The molecule has 1 aliphatic rings. The van der Waals surface area contributed by atoms with E-state index in [-0.39, 0.29) is 5.75 Å². The number of aryl methyl sites for hydroxylation is 1. The average Bonchev–Trinajstić information content (AvgIpc) is 3.17. The van der Waals surface area contributed by atoms with Crippen LogP contribution < -0.4 is 0 Å². The van der Waals surface area contributed by atoms with Gasteiger partial charge in [0.2, 0.25) is 10.0 Å². The van der Waals surface area contributed by atoms with Crippen LogP contribution in [0, 0.1) is 0 Å². The van der Waals surface area contributed by atoms with E-state index < -0.39 is 10.0 Å². The minimum Gasteiger partial charge on any atom is -0.346 e. The molecule has 130 valence electrons. The van der Waals surface area contributed by atoms with Crippen molar-refractivity contribution in [3.8, 4) is 11.1 Å². The van der Waals surface area contributed by atoms with Gasteiger partial charge in [-0.1, -0.05) is 25.1 Å². The molecule has 1 N–H and O–H groups in total. The molecule has 6 heteroatoms. The molecule has 0 bridgehead atoms. The molecule has 2 aromatic heterocycles. The van der Waals surface area contributed by atoms with Gasteiger partial charge in [0.1, 0.15) is 5.65 Å². The molecule has 3 aromatic rings. The third-order valence-corrected chi connectivity index (χ3v) is 6.72. The molecule has 0 saturated carbocycles. The second-order valence-corrected chi connectivity index (χ2v) is 8.58. The summed E-state index contributed by atoms with van der Waals surface area (Å²) in [6, 6.07) is 10.2. The van der Waals surface area contributed by atoms with E-state index in [0.29, 0.717) is 13.1 Å². The number of nitrogens with one attached hydrogen (secondary N) is 1. The summed E-state index contributed by atoms with van der Waals surface area (Å²) in [6.45, 7) is 3.19. The molecule has 1 aromatic carbocycles. The Bertz CT molecular complexity index is 1020. The Kier molecular flexibility index (Phi) is 4.09. The van der Waals surface area contributed by atoms with Crippen LogP contribution in [0.25, 0.3) is 22.2 Å². The fourth-order valence-electron chi connectivity index (χ4n) is 3.43. The van der Waals surface area contributed by atoms with Crippen LogP contribution in [0.4, 0.5) is 0 Å². The predicted octanol–water partition coefficient (Wildman–Crippen LogP) is 3.33. The van der Waals surface area contributed by atoms with Crippen molar-refractivity contribution in [2.45, 2.75) is 26.3 Å². The van der Waals surface area contributed by atoms with Crippen molar-refractivity contribution in [3.05, 3.63) is 53.9 Å². The van der Waals surface area contributed by atoms with Gasteiger partial charge < -0.3 is 4.98 Å². The minimum atomic E-state index is -3.08. The highest BCUT2D eigenvalue weighted by atomic mass is 32.2. The number of hydrogen-bond acceptors (Lipinski definition) is 3. The lowest BCUT2D eigenvalue weighted by molar-refractivity contribution is 0.440. The first-order valence-electron chi connectivity index (χ1n) is 8.60. The molecule has 0 unspecified atom stereocenters. The van der Waals surface area contributed by atoms with E-state index in [1.807, 2.05) is 30.6 Å². The number of aromatic nitrogens is 2. The number of aromatic amines is 1. The summed E-state index contributed by atoms with van der Waals surface area (Å²) in [5.41, 5.74) is 5.27. The van der Waals surface area contributed by atoms with Gasteiger partial charge in [0.25, 0.3) is 0 Å². The second-order valence-electron chi connectivity index (χ2n) is 6.49. The molecular formula is C19H21N3O2S. The summed E-state index contributed by atoms with van der Waals surface area (Å²) < 4.78 is 25.6. The summed E-state index contributed by atoms with van der Waals surface area (Å²) in [5.74, 6) is 0.264. The lowest BCUT2D eigenvalue weighted by Crippen LogP contribution is -2.25. The van der Waals surface area contributed by atoms with Crippen molar-refractivity contribution in [2.24, 2.45) is 0 Å². The summed E-state index contributed by atoms with van der Waals surface area (Å²) in [7, 11) is -3.08. The van der Waals surface area contributed by atoms with Gasteiger partial charge in [0, 0.05) is 36.4 Å². The van der Waals surface area contributed by atoms with E-state index in [2.05, 4.69) is 29.0 Å². The smallest absolute Gasteiger partial charge is 0.214 e. The van der Waals surface area contributed by atoms with Gasteiger partial charge in [-0.3, -0.25) is 0 Å². The van der Waals surface area contributed by atoms with Crippen LogP contribution in [-0.2, 0) is 23.0 Å². The lowest BCUT2D eigenvalue weighted by Gasteiger charge is -2.15. The van der Waals surface area contributed by atoms with Gasteiger partial charge >= 0.3 is 0 Å². The fraction of sp³-hybridized carbons (Fsp3) is 0.316. The first kappa shape index (κ1) is 16.3. The van der Waals surface area contributed by atoms with Crippen molar-refractivity contribution >= 4 is 21.1 Å². The normalized spacial score (nSPS) is 17.3. The van der Waals surface area contributed by atoms with Crippen molar-refractivity contribution in [3.63, 3.8) is 0 Å². The topological polar surface area (TPSA) is 66.1 Å². The molecule has 1 aliphatic heterocycles. The van der Waals surface area contributed by atoms with Crippen LogP contribution in [0.3, 0.4) is 0 Å². The Labute approximate surface area is 147 Å². The standard InChI is InChI=1S/C19H21N3O2S/c1-2-15-11-20-19-18(15)10-17(12-21-19)16-6-3-5-14(9-16)13-22-7-4-8-25(22,23)24/h3,5-6,9-12H,2,4,7-8,13H2,1H3,(H,20,21). The third kappa shape index (κ3) is 3.07. The Morgan fingerprint density at radius 3 is 2.88 bits per heavy atom. The molecule has 4 rings (SSSR count). The molecule has 0 amide bonds. The number of nitrogens with zero attached hydrogens (tertiary/aromatic N) is 2. The number of benzene rings is 1. The highest BCUT2D eigenvalue weighted by Crippen LogP contribution is 2.26. The Morgan fingerprint density at radius 1 is 1.24 bits per heavy atom. The van der Waals surface area contributed by atoms with Crippen molar-refractivity contribution < 1.29 is 8.42 Å². The molecule has 0 spiro atoms. The second kappa shape index (κ2) is 6.28. The number of sulfonamides is 1. The van der Waals surface area contributed by atoms with Crippen LogP contribution in [-0.4, -0.2) is 35.0 Å². The number of rotatable bonds is 4. The van der Waals surface area contributed by atoms with Gasteiger partial charge in [0.15, 0.2) is 0 Å². The molecule has 0 radical (unpaired) electrons. The van der Waals surface area contributed by atoms with E-state index in [1.165, 1.54) is 5.56 Å². The fourth-order valence-corrected chi connectivity index (χ4v) is 4.94. The van der Waals surface area contributed by atoms with Gasteiger partial charge in [-0.2, -0.15) is 4.31 Å². The van der Waals surface area contributed by atoms with Gasteiger partial charge in [0.05, 0.1) is 5.75 Å². The zero-order chi connectivity index (χ0) is 17.4. The number of fused-ring (bicyclic) bond motifs is 1. The zero-order valence-electron chi connectivity index (χ0n) is 14.2. The van der Waals surface area contributed by atoms with E-state index in [0.717, 1.165) is 40.6 Å². The maximum Gasteiger partial charge on any atom is 0.214 e. The number of pyridine rings is 1. The summed E-state index contributed by atoms with van der Waals surface area (Å²) in [4.78, 5) is 7.72. The molecule has 3 heterocycles. The predicted molar refractivity (Wildman–Crippen MR) is 99.7 cm³/mol. The SMILES string of the molecule is CCc1c[nH]c2ncc(-c3cccc(CN4CCCS4(=O)=O)c3)cc12. The molecular weight excluding hydrogens is 334 g/mol. The first-order valence-corrected chi connectivity index (χ1v) is 10.2. The Hall–Kier alpha value is -2.18. The molecule has 25 heavy (non-hydrogen) atoms. The minimum absolute atomic E-state index is 0.264. The molecule has 5 nitrogen and oxygen atoms in total. The van der Waals surface area contributed by atoms with E-state index in [9.17, 15) is 8.42 Å². The summed E-state index contributed by atoms with van der Waals surface area (Å²) >= 11 is 0. The van der Waals surface area contributed by atoms with Crippen molar-refractivity contribution in [2.75, 3.05) is 12.3 Å². The highest BCUT2D eigenvalue weighted by Gasteiger charge is 2.27. The highest BCUT2D eigenvalue weighted by molar-refractivity contribution is 7.89. The first-order chi connectivity index (χ1) is 12.1. The number of H-pyrrole nitrogens is 1. The largest absolute Gasteiger partial charge is 0.346 e. The average molecular weight is 355 g/mol. The van der Waals surface area contributed by atoms with Gasteiger partial charge in [-0.25, -0.2) is 13.4 Å². The van der Waals surface area contributed by atoms with Crippen LogP contribution in [0.1, 0.15) is 24.5 Å². The van der Waals surface area contributed by atoms with Gasteiger partial charge in [-0.05, 0) is 41.7 Å². The summed E-state index contributed by atoms with van der Waals surface area (Å²) in [5, 5.41) is 1.15. The molecule has 1 saturated heterocycles. The van der Waals surface area contributed by atoms with Crippen LogP contribution >= 0.6 is 0 Å². The van der Waals surface area contributed by atoms with Crippen molar-refractivity contribution in [1.29, 1.82) is 0 Å². The van der Waals surface area contributed by atoms with Gasteiger partial charge in [-0.15, -0.1) is 0 Å². The Morgan fingerprint density at radius 2 is 2.12 bits per heavy atom. The molecule has 1 fully saturated rings. The maximum atomic E-state index is 12.0. The van der Waals surface area contributed by atoms with Crippen molar-refractivity contribution in [1.82, 2.24) is 14.3 Å². The van der Waals surface area contributed by atoms with Crippen LogP contribution in [0.2, 0.25) is 0 Å². The number of hydrogen-bond donors (Lipinski definition) is 1. The van der Waals surface area contributed by atoms with E-state index in [1.54, 1.807) is 4.31 Å². The van der Waals surface area contributed by atoms with Crippen LogP contribution in [0.15, 0.2) is 42.7 Å². The quantitative estimate of drug-likeness (QED) is 0.781. The van der Waals surface area contributed by atoms with Crippen LogP contribution in [0.5, 0.6) is 0 Å². The maximum absolute atomic E-state index is 12.0. The molecule has 0 aliphatic carbocycles. The zero-order valence-corrected chi connectivity index (χ0v) is 15.0. The third-order valence-electron chi connectivity index (χ3n) is 4.82. The van der Waals surface area contributed by atoms with E-state index >= 15 is 0 Å². The summed E-state index contributed by atoms with van der Waals surface area (Å²) in [6.07, 6.45) is 5.55.